The average Bonchev–Trinajstić information content (AvgIpc) is 2.27. The van der Waals surface area contributed by atoms with Crippen LogP contribution < -0.4 is 10.1 Å². The SMILES string of the molecule is CCNC(=O)COc1ccc(C(=O)O)cc1. The van der Waals surface area contributed by atoms with Gasteiger partial charge in [-0.2, -0.15) is 0 Å². The number of hydrogen-bond acceptors (Lipinski definition) is 3. The fourth-order valence-corrected chi connectivity index (χ4v) is 1.09. The minimum Gasteiger partial charge on any atom is -0.484 e. The fraction of sp³-hybridized carbons (Fsp3) is 0.273. The second-order valence-corrected chi connectivity index (χ2v) is 3.07. The summed E-state index contributed by atoms with van der Waals surface area (Å²) in [5.74, 6) is -0.726. The zero-order valence-electron chi connectivity index (χ0n) is 8.90. The van der Waals surface area contributed by atoms with Crippen LogP contribution in [-0.4, -0.2) is 30.1 Å². The van der Waals surface area contributed by atoms with Crippen LogP contribution in [0, 0.1) is 0 Å². The fourth-order valence-electron chi connectivity index (χ4n) is 1.09. The molecule has 0 spiro atoms. The van der Waals surface area contributed by atoms with E-state index in [4.69, 9.17) is 9.84 Å². The number of carbonyl (C=O) groups is 2. The number of benzene rings is 1. The first-order valence-corrected chi connectivity index (χ1v) is 4.86. The molecule has 0 saturated heterocycles. The second-order valence-electron chi connectivity index (χ2n) is 3.07. The van der Waals surface area contributed by atoms with E-state index in [1.165, 1.54) is 24.3 Å². The molecule has 5 heteroatoms. The Morgan fingerprint density at radius 1 is 1.31 bits per heavy atom. The van der Waals surface area contributed by atoms with Gasteiger partial charge in [0, 0.05) is 6.54 Å². The third kappa shape index (κ3) is 3.61. The largest absolute Gasteiger partial charge is 0.484 e. The number of carboxylic acid groups (broad SMARTS) is 1. The van der Waals surface area contributed by atoms with Gasteiger partial charge in [-0.1, -0.05) is 0 Å². The molecule has 5 nitrogen and oxygen atoms in total. The molecule has 0 heterocycles. The first-order valence-electron chi connectivity index (χ1n) is 4.86. The van der Waals surface area contributed by atoms with Gasteiger partial charge in [-0.05, 0) is 31.2 Å². The van der Waals surface area contributed by atoms with Crippen molar-refractivity contribution in [1.82, 2.24) is 5.32 Å². The summed E-state index contributed by atoms with van der Waals surface area (Å²) < 4.78 is 5.15. The number of carbonyl (C=O) groups excluding carboxylic acids is 1. The van der Waals surface area contributed by atoms with Gasteiger partial charge in [-0.15, -0.1) is 0 Å². The lowest BCUT2D eigenvalue weighted by Crippen LogP contribution is -2.28. The van der Waals surface area contributed by atoms with Crippen LogP contribution in [0.5, 0.6) is 5.75 Å². The summed E-state index contributed by atoms with van der Waals surface area (Å²) in [7, 11) is 0. The van der Waals surface area contributed by atoms with Gasteiger partial charge in [0.15, 0.2) is 6.61 Å². The molecule has 1 rings (SSSR count). The molecule has 0 atom stereocenters. The molecule has 0 aromatic heterocycles. The Kier molecular flexibility index (Phi) is 4.32. The number of amides is 1. The highest BCUT2D eigenvalue weighted by atomic mass is 16.5. The van der Waals surface area contributed by atoms with Crippen LogP contribution in [0.1, 0.15) is 17.3 Å². The summed E-state index contributed by atoms with van der Waals surface area (Å²) in [5.41, 5.74) is 0.186. The molecule has 1 amide bonds. The van der Waals surface area contributed by atoms with Crippen molar-refractivity contribution in [2.24, 2.45) is 0 Å². The van der Waals surface area contributed by atoms with Crippen molar-refractivity contribution in [2.45, 2.75) is 6.92 Å². The van der Waals surface area contributed by atoms with E-state index >= 15 is 0 Å². The van der Waals surface area contributed by atoms with Crippen molar-refractivity contribution in [3.8, 4) is 5.75 Å². The number of likely N-dealkylation sites (N-methyl/N-ethyl adjacent to an activating group) is 1. The van der Waals surface area contributed by atoms with E-state index in [2.05, 4.69) is 5.32 Å². The van der Waals surface area contributed by atoms with Gasteiger partial charge in [-0.3, -0.25) is 4.79 Å². The van der Waals surface area contributed by atoms with E-state index in [0.29, 0.717) is 12.3 Å². The molecular weight excluding hydrogens is 210 g/mol. The maximum absolute atomic E-state index is 11.1. The summed E-state index contributed by atoms with van der Waals surface area (Å²) in [4.78, 5) is 21.6. The summed E-state index contributed by atoms with van der Waals surface area (Å²) in [5, 5.41) is 11.2. The van der Waals surface area contributed by atoms with Crippen molar-refractivity contribution < 1.29 is 19.4 Å². The Hall–Kier alpha value is -2.04. The standard InChI is InChI=1S/C11H13NO4/c1-2-12-10(13)7-16-9-5-3-8(4-6-9)11(14)15/h3-6H,2,7H2,1H3,(H,12,13)(H,14,15). The third-order valence-electron chi connectivity index (χ3n) is 1.85. The molecule has 0 saturated carbocycles. The number of carboxylic acids is 1. The molecular formula is C11H13NO4. The lowest BCUT2D eigenvalue weighted by atomic mass is 10.2. The number of nitrogens with one attached hydrogen (secondary N) is 1. The topological polar surface area (TPSA) is 75.6 Å². The van der Waals surface area contributed by atoms with Crippen LogP contribution in [0.4, 0.5) is 0 Å². The summed E-state index contributed by atoms with van der Waals surface area (Å²) in [6, 6.07) is 5.89. The minimum atomic E-state index is -0.990. The van der Waals surface area contributed by atoms with E-state index in [0.717, 1.165) is 0 Å². The average molecular weight is 223 g/mol. The third-order valence-corrected chi connectivity index (χ3v) is 1.85. The van der Waals surface area contributed by atoms with Crippen molar-refractivity contribution >= 4 is 11.9 Å². The summed E-state index contributed by atoms with van der Waals surface area (Å²) in [6.45, 7) is 2.31. The molecule has 86 valence electrons. The Labute approximate surface area is 93.0 Å². The molecule has 0 unspecified atom stereocenters. The molecule has 0 aliphatic carbocycles. The maximum Gasteiger partial charge on any atom is 0.335 e. The van der Waals surface area contributed by atoms with Crippen molar-refractivity contribution in [2.75, 3.05) is 13.2 Å². The molecule has 0 aliphatic heterocycles. The number of hydrogen-bond donors (Lipinski definition) is 2. The second kappa shape index (κ2) is 5.75. The van der Waals surface area contributed by atoms with Crippen LogP contribution in [0.2, 0.25) is 0 Å². The van der Waals surface area contributed by atoms with Gasteiger partial charge in [0.1, 0.15) is 5.75 Å². The lowest BCUT2D eigenvalue weighted by molar-refractivity contribution is -0.122. The van der Waals surface area contributed by atoms with Crippen LogP contribution in [0.15, 0.2) is 24.3 Å². The Bertz CT molecular complexity index is 372. The number of ether oxygens (including phenoxy) is 1. The molecule has 0 aliphatic rings. The van der Waals surface area contributed by atoms with Crippen LogP contribution in [-0.2, 0) is 4.79 Å². The van der Waals surface area contributed by atoms with Crippen LogP contribution in [0.25, 0.3) is 0 Å². The predicted molar refractivity (Wildman–Crippen MR) is 57.6 cm³/mol. The predicted octanol–water partition coefficient (Wildman–Crippen LogP) is 0.900. The van der Waals surface area contributed by atoms with Crippen LogP contribution in [0.3, 0.4) is 0 Å². The quantitative estimate of drug-likeness (QED) is 0.777. The van der Waals surface area contributed by atoms with Crippen molar-refractivity contribution in [1.29, 1.82) is 0 Å². The number of aromatic carboxylic acids is 1. The van der Waals surface area contributed by atoms with E-state index in [1.54, 1.807) is 0 Å². The van der Waals surface area contributed by atoms with Gasteiger partial charge >= 0.3 is 5.97 Å². The highest BCUT2D eigenvalue weighted by Gasteiger charge is 2.03. The molecule has 0 fully saturated rings. The highest BCUT2D eigenvalue weighted by Crippen LogP contribution is 2.11. The monoisotopic (exact) mass is 223 g/mol. The molecule has 16 heavy (non-hydrogen) atoms. The van der Waals surface area contributed by atoms with Gasteiger partial charge in [0.2, 0.25) is 0 Å². The van der Waals surface area contributed by atoms with E-state index in [9.17, 15) is 9.59 Å². The molecule has 2 N–H and O–H groups in total. The highest BCUT2D eigenvalue weighted by molar-refractivity contribution is 5.87. The Morgan fingerprint density at radius 2 is 1.94 bits per heavy atom. The molecule has 0 radical (unpaired) electrons. The van der Waals surface area contributed by atoms with E-state index in [-0.39, 0.29) is 18.1 Å². The van der Waals surface area contributed by atoms with Crippen molar-refractivity contribution in [3.05, 3.63) is 29.8 Å². The van der Waals surface area contributed by atoms with Crippen molar-refractivity contribution in [3.63, 3.8) is 0 Å². The normalized spacial score (nSPS) is 9.56. The minimum absolute atomic E-state index is 0.0692. The molecule has 1 aromatic rings. The molecule has 0 bridgehead atoms. The summed E-state index contributed by atoms with van der Waals surface area (Å²) in [6.07, 6.45) is 0. The van der Waals surface area contributed by atoms with E-state index in [1.807, 2.05) is 6.92 Å². The zero-order chi connectivity index (χ0) is 12.0. The van der Waals surface area contributed by atoms with Gasteiger partial charge in [-0.25, -0.2) is 4.79 Å². The molecule has 1 aromatic carbocycles. The first-order chi connectivity index (χ1) is 7.63. The number of rotatable bonds is 5. The van der Waals surface area contributed by atoms with Gasteiger partial charge < -0.3 is 15.2 Å². The zero-order valence-corrected chi connectivity index (χ0v) is 8.90. The first kappa shape index (κ1) is 12.0. The Balaban J connectivity index is 2.49. The maximum atomic E-state index is 11.1. The lowest BCUT2D eigenvalue weighted by Gasteiger charge is -2.05. The smallest absolute Gasteiger partial charge is 0.335 e. The Morgan fingerprint density at radius 3 is 2.44 bits per heavy atom. The van der Waals surface area contributed by atoms with E-state index < -0.39 is 5.97 Å². The van der Waals surface area contributed by atoms with Gasteiger partial charge in [0.05, 0.1) is 5.56 Å². The summed E-state index contributed by atoms with van der Waals surface area (Å²) >= 11 is 0. The van der Waals surface area contributed by atoms with Gasteiger partial charge in [0.25, 0.3) is 5.91 Å². The van der Waals surface area contributed by atoms with Crippen LogP contribution >= 0.6 is 0 Å².